The van der Waals surface area contributed by atoms with Crippen LogP contribution in [0.2, 0.25) is 0 Å². The van der Waals surface area contributed by atoms with Crippen molar-refractivity contribution in [2.24, 2.45) is 5.73 Å². The van der Waals surface area contributed by atoms with Crippen LogP contribution in [0, 0.1) is 0 Å². The van der Waals surface area contributed by atoms with E-state index in [0.717, 1.165) is 44.9 Å². The molecule has 0 aliphatic rings. The monoisotopic (exact) mass is 800 g/mol. The van der Waals surface area contributed by atoms with Crippen molar-refractivity contribution >= 4 is 13.8 Å². The highest BCUT2D eigenvalue weighted by molar-refractivity contribution is 7.47. The number of phosphoric ester groups is 1. The summed E-state index contributed by atoms with van der Waals surface area (Å²) in [6.45, 7) is 4.90. The molecule has 0 rings (SSSR count). The molecular formula is C46H90NO7P. The second-order valence-corrected chi connectivity index (χ2v) is 17.1. The average Bonchev–Trinajstić information content (AvgIpc) is 3.17. The maximum absolute atomic E-state index is 12.6. The predicted molar refractivity (Wildman–Crippen MR) is 233 cm³/mol. The Morgan fingerprint density at radius 2 is 0.982 bits per heavy atom. The second-order valence-electron chi connectivity index (χ2n) is 15.6. The van der Waals surface area contributed by atoms with Gasteiger partial charge in [-0.05, 0) is 38.5 Å². The van der Waals surface area contributed by atoms with Crippen LogP contribution in [0.15, 0.2) is 24.3 Å². The molecule has 326 valence electrons. The van der Waals surface area contributed by atoms with Gasteiger partial charge in [-0.25, -0.2) is 4.57 Å². The zero-order chi connectivity index (χ0) is 40.2. The number of nitrogens with two attached hydrogens (primary N) is 1. The molecule has 0 spiro atoms. The highest BCUT2D eigenvalue weighted by Crippen LogP contribution is 2.43. The van der Waals surface area contributed by atoms with Gasteiger partial charge in [0.1, 0.15) is 6.10 Å². The van der Waals surface area contributed by atoms with Crippen molar-refractivity contribution in [2.75, 3.05) is 33.0 Å². The molecule has 0 aliphatic heterocycles. The number of hydrogen-bond donors (Lipinski definition) is 2. The summed E-state index contributed by atoms with van der Waals surface area (Å²) in [5, 5.41) is 0. The lowest BCUT2D eigenvalue weighted by Gasteiger charge is -2.20. The van der Waals surface area contributed by atoms with Gasteiger partial charge in [0, 0.05) is 19.6 Å². The SMILES string of the molecule is CCCC/C=C\C/C=C\CCCCCCCCOCC(COP(=O)(O)OCCN)OC(=O)CCCCCCCCCCCCCCCCCCCCCCC. The molecule has 0 saturated carbocycles. The Morgan fingerprint density at radius 3 is 1.47 bits per heavy atom. The Labute approximate surface area is 340 Å². The van der Waals surface area contributed by atoms with Crippen LogP contribution < -0.4 is 5.73 Å². The molecule has 0 radical (unpaired) electrons. The minimum Gasteiger partial charge on any atom is -0.457 e. The molecule has 0 amide bonds. The van der Waals surface area contributed by atoms with Gasteiger partial charge in [-0.3, -0.25) is 13.8 Å². The second kappa shape index (κ2) is 44.1. The van der Waals surface area contributed by atoms with E-state index in [4.69, 9.17) is 24.3 Å². The molecular weight excluding hydrogens is 709 g/mol. The van der Waals surface area contributed by atoms with Gasteiger partial charge in [-0.2, -0.15) is 0 Å². The van der Waals surface area contributed by atoms with Gasteiger partial charge in [0.15, 0.2) is 0 Å². The molecule has 0 aromatic heterocycles. The minimum atomic E-state index is -4.28. The molecule has 3 N–H and O–H groups in total. The highest BCUT2D eigenvalue weighted by atomic mass is 31.2. The van der Waals surface area contributed by atoms with Crippen molar-refractivity contribution in [1.82, 2.24) is 0 Å². The first-order chi connectivity index (χ1) is 26.9. The van der Waals surface area contributed by atoms with Crippen molar-refractivity contribution in [2.45, 2.75) is 232 Å². The highest BCUT2D eigenvalue weighted by Gasteiger charge is 2.25. The van der Waals surface area contributed by atoms with E-state index in [1.54, 1.807) is 0 Å². The first kappa shape index (κ1) is 54.0. The van der Waals surface area contributed by atoms with E-state index in [9.17, 15) is 14.3 Å². The standard InChI is InChI=1S/C46H90NO7P/c1-3-5-7-9-11-13-15-17-19-20-21-22-23-24-25-27-29-31-33-35-37-39-46(48)54-45(44-53-55(49,50)52-42-40-47)43-51-41-38-36-34-32-30-28-26-18-16-14-12-10-8-6-4-2/h10,12,16,18,45H,3-9,11,13-15,17,19-44,47H2,1-2H3,(H,49,50)/b12-10-,18-16-. The summed E-state index contributed by atoms with van der Waals surface area (Å²) in [6, 6.07) is 0. The number of phosphoric acid groups is 1. The fourth-order valence-electron chi connectivity index (χ4n) is 6.66. The van der Waals surface area contributed by atoms with Crippen molar-refractivity contribution in [3.8, 4) is 0 Å². The van der Waals surface area contributed by atoms with Crippen molar-refractivity contribution in [3.05, 3.63) is 24.3 Å². The third-order valence-electron chi connectivity index (χ3n) is 10.1. The molecule has 0 aliphatic carbocycles. The van der Waals surface area contributed by atoms with Crippen LogP contribution in [0.25, 0.3) is 0 Å². The van der Waals surface area contributed by atoms with Crippen LogP contribution in [0.5, 0.6) is 0 Å². The molecule has 9 heteroatoms. The predicted octanol–water partition coefficient (Wildman–Crippen LogP) is 14.0. The lowest BCUT2D eigenvalue weighted by atomic mass is 10.0. The van der Waals surface area contributed by atoms with Crippen LogP contribution in [0.4, 0.5) is 0 Å². The largest absolute Gasteiger partial charge is 0.472 e. The molecule has 0 aromatic rings. The summed E-state index contributed by atoms with van der Waals surface area (Å²) in [7, 11) is -4.28. The van der Waals surface area contributed by atoms with E-state index in [-0.39, 0.29) is 32.3 Å². The van der Waals surface area contributed by atoms with Gasteiger partial charge < -0.3 is 20.1 Å². The van der Waals surface area contributed by atoms with Gasteiger partial charge in [-0.1, -0.05) is 205 Å². The number of hydrogen-bond acceptors (Lipinski definition) is 7. The van der Waals surface area contributed by atoms with E-state index in [1.807, 2.05) is 0 Å². The number of esters is 1. The number of carbonyl (C=O) groups excluding carboxylic acids is 1. The summed E-state index contributed by atoms with van der Waals surface area (Å²) in [6.07, 6.45) is 49.1. The number of carbonyl (C=O) groups is 1. The summed E-state index contributed by atoms with van der Waals surface area (Å²) in [5.74, 6) is -0.330. The minimum absolute atomic E-state index is 0.0955. The Morgan fingerprint density at radius 1 is 0.545 bits per heavy atom. The number of rotatable bonds is 45. The first-order valence-corrected chi connectivity index (χ1v) is 24.8. The number of allylic oxidation sites excluding steroid dienone is 4. The van der Waals surface area contributed by atoms with Crippen molar-refractivity contribution in [3.63, 3.8) is 0 Å². The number of ether oxygens (including phenoxy) is 2. The molecule has 0 bridgehead atoms. The molecule has 0 heterocycles. The average molecular weight is 800 g/mol. The molecule has 0 fully saturated rings. The van der Waals surface area contributed by atoms with Crippen LogP contribution in [-0.2, 0) is 27.9 Å². The molecule has 55 heavy (non-hydrogen) atoms. The van der Waals surface area contributed by atoms with E-state index < -0.39 is 13.9 Å². The topological polar surface area (TPSA) is 117 Å². The first-order valence-electron chi connectivity index (χ1n) is 23.3. The summed E-state index contributed by atoms with van der Waals surface area (Å²) < 4.78 is 33.5. The summed E-state index contributed by atoms with van der Waals surface area (Å²) >= 11 is 0. The van der Waals surface area contributed by atoms with Crippen LogP contribution >= 0.6 is 7.82 Å². The lowest BCUT2D eigenvalue weighted by Crippen LogP contribution is -2.28. The summed E-state index contributed by atoms with van der Waals surface area (Å²) in [5.41, 5.74) is 5.37. The van der Waals surface area contributed by atoms with Crippen molar-refractivity contribution in [1.29, 1.82) is 0 Å². The third kappa shape index (κ3) is 43.9. The molecule has 0 saturated heterocycles. The van der Waals surface area contributed by atoms with Gasteiger partial charge >= 0.3 is 13.8 Å². The molecule has 0 aromatic carbocycles. The fraction of sp³-hybridized carbons (Fsp3) is 0.891. The van der Waals surface area contributed by atoms with Gasteiger partial charge in [0.05, 0.1) is 19.8 Å². The van der Waals surface area contributed by atoms with Gasteiger partial charge in [0.25, 0.3) is 0 Å². The molecule has 8 nitrogen and oxygen atoms in total. The Hall–Kier alpha value is -1.02. The van der Waals surface area contributed by atoms with Gasteiger partial charge in [-0.15, -0.1) is 0 Å². The Kier molecular flexibility index (Phi) is 43.3. The summed E-state index contributed by atoms with van der Waals surface area (Å²) in [4.78, 5) is 22.5. The molecule has 2 atom stereocenters. The Bertz CT molecular complexity index is 900. The third-order valence-corrected chi connectivity index (χ3v) is 11.1. The van der Waals surface area contributed by atoms with Gasteiger partial charge in [0.2, 0.25) is 0 Å². The number of unbranched alkanes of at least 4 members (excludes halogenated alkanes) is 28. The smallest absolute Gasteiger partial charge is 0.457 e. The van der Waals surface area contributed by atoms with E-state index in [0.29, 0.717) is 13.0 Å². The van der Waals surface area contributed by atoms with Crippen LogP contribution in [0.3, 0.4) is 0 Å². The van der Waals surface area contributed by atoms with Crippen LogP contribution in [-0.4, -0.2) is 49.9 Å². The quantitative estimate of drug-likeness (QED) is 0.0271. The maximum atomic E-state index is 12.6. The van der Waals surface area contributed by atoms with Crippen LogP contribution in [0.1, 0.15) is 226 Å². The zero-order valence-corrected chi connectivity index (χ0v) is 37.1. The van der Waals surface area contributed by atoms with E-state index >= 15 is 0 Å². The Balaban J connectivity index is 3.95. The lowest BCUT2D eigenvalue weighted by molar-refractivity contribution is -0.154. The molecule has 2 unspecified atom stereocenters. The van der Waals surface area contributed by atoms with E-state index in [1.165, 1.54) is 161 Å². The van der Waals surface area contributed by atoms with Crippen molar-refractivity contribution < 1.29 is 32.8 Å². The normalized spacial score (nSPS) is 13.6. The zero-order valence-electron chi connectivity index (χ0n) is 36.2. The van der Waals surface area contributed by atoms with E-state index in [2.05, 4.69) is 38.2 Å². The fourth-order valence-corrected chi connectivity index (χ4v) is 7.43. The maximum Gasteiger partial charge on any atom is 0.472 e.